The Morgan fingerprint density at radius 1 is 1.33 bits per heavy atom. The number of aliphatic hydroxyl groups excluding tert-OH is 1. The summed E-state index contributed by atoms with van der Waals surface area (Å²) in [6, 6.07) is 4.85. The van der Waals surface area contributed by atoms with Crippen molar-refractivity contribution in [2.45, 2.75) is 0 Å². The zero-order chi connectivity index (χ0) is 13.7. The maximum Gasteiger partial charge on any atom is 0.378 e. The van der Waals surface area contributed by atoms with Crippen LogP contribution in [0.4, 0.5) is 5.69 Å². The minimum absolute atomic E-state index is 0.147. The Labute approximate surface area is 101 Å². The number of nitro groups is 1. The number of benzene rings is 1. The van der Waals surface area contributed by atoms with E-state index in [1.54, 1.807) is 0 Å². The largest absolute Gasteiger partial charge is 0.507 e. The van der Waals surface area contributed by atoms with Crippen molar-refractivity contribution in [1.29, 1.82) is 0 Å². The summed E-state index contributed by atoms with van der Waals surface area (Å²) in [5.41, 5.74) is 0.0312. The van der Waals surface area contributed by atoms with Crippen molar-refractivity contribution in [3.05, 3.63) is 46.0 Å². The second-order valence-corrected chi connectivity index (χ2v) is 3.19. The van der Waals surface area contributed by atoms with Crippen molar-refractivity contribution < 1.29 is 24.4 Å². The number of carbonyl (C=O) groups excluding carboxylic acids is 2. The molecule has 0 bridgehead atoms. The first-order valence-corrected chi connectivity index (χ1v) is 4.73. The quantitative estimate of drug-likeness (QED) is 0.215. The maximum atomic E-state index is 11.1. The summed E-state index contributed by atoms with van der Waals surface area (Å²) < 4.78 is 4.17. The lowest BCUT2D eigenvalue weighted by Gasteiger charge is -1.99. The highest BCUT2D eigenvalue weighted by molar-refractivity contribution is 6.39. The second kappa shape index (κ2) is 5.58. The lowest BCUT2D eigenvalue weighted by molar-refractivity contribution is -0.384. The molecule has 0 saturated heterocycles. The molecule has 94 valence electrons. The molecule has 0 heterocycles. The fourth-order valence-electron chi connectivity index (χ4n) is 1.12. The van der Waals surface area contributed by atoms with Gasteiger partial charge in [-0.2, -0.15) is 0 Å². The first kappa shape index (κ1) is 13.4. The van der Waals surface area contributed by atoms with Crippen LogP contribution in [0.2, 0.25) is 0 Å². The van der Waals surface area contributed by atoms with E-state index in [0.717, 1.165) is 7.11 Å². The van der Waals surface area contributed by atoms with Crippen LogP contribution in [0.3, 0.4) is 0 Å². The van der Waals surface area contributed by atoms with Crippen molar-refractivity contribution in [2.24, 2.45) is 0 Å². The number of hydrogen-bond acceptors (Lipinski definition) is 6. The zero-order valence-corrected chi connectivity index (χ0v) is 9.32. The number of ether oxygens (including phenoxy) is 1. The number of methoxy groups -OCH3 is 1. The molecule has 0 aromatic heterocycles. The molecule has 18 heavy (non-hydrogen) atoms. The van der Waals surface area contributed by atoms with Gasteiger partial charge in [0.2, 0.25) is 0 Å². The standard InChI is InChI=1S/C11H9NO6/c1-18-11(15)10(14)6-9(13)7-2-4-8(5-3-7)12(16)17/h2-6,13H,1H3/b9-6+. The maximum absolute atomic E-state index is 11.1. The molecule has 0 amide bonds. The average molecular weight is 251 g/mol. The van der Waals surface area contributed by atoms with E-state index in [1.807, 2.05) is 0 Å². The van der Waals surface area contributed by atoms with Gasteiger partial charge in [-0.05, 0) is 12.1 Å². The first-order valence-electron chi connectivity index (χ1n) is 4.73. The van der Waals surface area contributed by atoms with E-state index in [-0.39, 0.29) is 11.3 Å². The number of rotatable bonds is 4. The minimum atomic E-state index is -1.11. The molecule has 0 aliphatic heterocycles. The molecule has 0 unspecified atom stereocenters. The summed E-state index contributed by atoms with van der Waals surface area (Å²) in [5.74, 6) is -2.60. The normalized spacial score (nSPS) is 10.8. The number of non-ortho nitro benzene ring substituents is 1. The highest BCUT2D eigenvalue weighted by Gasteiger charge is 2.13. The number of aliphatic hydroxyl groups is 1. The van der Waals surface area contributed by atoms with Gasteiger partial charge in [-0.15, -0.1) is 0 Å². The molecule has 0 saturated carbocycles. The Kier molecular flexibility index (Phi) is 4.14. The zero-order valence-electron chi connectivity index (χ0n) is 9.32. The van der Waals surface area contributed by atoms with Crippen molar-refractivity contribution in [3.8, 4) is 0 Å². The molecule has 0 fully saturated rings. The van der Waals surface area contributed by atoms with E-state index in [4.69, 9.17) is 0 Å². The number of nitrogens with zero attached hydrogens (tertiary/aromatic N) is 1. The van der Waals surface area contributed by atoms with Gasteiger partial charge >= 0.3 is 5.97 Å². The van der Waals surface area contributed by atoms with Crippen LogP contribution in [0, 0.1) is 10.1 Å². The number of hydrogen-bond donors (Lipinski definition) is 1. The van der Waals surface area contributed by atoms with Gasteiger partial charge in [0.15, 0.2) is 0 Å². The van der Waals surface area contributed by atoms with E-state index < -0.39 is 22.4 Å². The second-order valence-electron chi connectivity index (χ2n) is 3.19. The molecule has 1 rings (SSSR count). The summed E-state index contributed by atoms with van der Waals surface area (Å²) in [6.45, 7) is 0. The predicted molar refractivity (Wildman–Crippen MR) is 60.7 cm³/mol. The van der Waals surface area contributed by atoms with Crippen molar-refractivity contribution >= 4 is 23.2 Å². The minimum Gasteiger partial charge on any atom is -0.507 e. The Morgan fingerprint density at radius 3 is 2.33 bits per heavy atom. The first-order chi connectivity index (χ1) is 8.45. The van der Waals surface area contributed by atoms with Crippen LogP contribution in [-0.2, 0) is 14.3 Å². The van der Waals surface area contributed by atoms with Crippen LogP contribution in [0.5, 0.6) is 0 Å². The summed E-state index contributed by atoms with van der Waals surface area (Å²) in [6.07, 6.45) is 0.688. The molecule has 1 aromatic rings. The molecule has 0 aliphatic carbocycles. The van der Waals surface area contributed by atoms with Gasteiger partial charge in [0, 0.05) is 23.8 Å². The van der Waals surface area contributed by atoms with E-state index in [2.05, 4.69) is 4.74 Å². The van der Waals surface area contributed by atoms with Crippen molar-refractivity contribution in [3.63, 3.8) is 0 Å². The van der Waals surface area contributed by atoms with Crippen LogP contribution in [0.15, 0.2) is 30.3 Å². The van der Waals surface area contributed by atoms with Crippen LogP contribution in [0.25, 0.3) is 5.76 Å². The van der Waals surface area contributed by atoms with E-state index in [0.29, 0.717) is 6.08 Å². The molecule has 7 nitrogen and oxygen atoms in total. The lowest BCUT2D eigenvalue weighted by atomic mass is 10.1. The fraction of sp³-hybridized carbons (Fsp3) is 0.0909. The molecule has 0 radical (unpaired) electrons. The predicted octanol–water partition coefficient (Wildman–Crippen LogP) is 1.24. The molecular formula is C11H9NO6. The summed E-state index contributed by atoms with van der Waals surface area (Å²) in [7, 11) is 1.04. The van der Waals surface area contributed by atoms with Crippen LogP contribution in [-0.4, -0.2) is 28.9 Å². The van der Waals surface area contributed by atoms with Crippen LogP contribution in [0.1, 0.15) is 5.56 Å². The topological polar surface area (TPSA) is 107 Å². The van der Waals surface area contributed by atoms with Crippen LogP contribution >= 0.6 is 0 Å². The van der Waals surface area contributed by atoms with Crippen LogP contribution < -0.4 is 0 Å². The van der Waals surface area contributed by atoms with Gasteiger partial charge in [0.1, 0.15) is 5.76 Å². The molecule has 1 N–H and O–H groups in total. The number of nitro benzene ring substituents is 1. The average Bonchev–Trinajstić information content (AvgIpc) is 2.37. The molecule has 0 atom stereocenters. The van der Waals surface area contributed by atoms with E-state index in [1.165, 1.54) is 24.3 Å². The molecule has 0 spiro atoms. The van der Waals surface area contributed by atoms with Gasteiger partial charge in [-0.3, -0.25) is 14.9 Å². The highest BCUT2D eigenvalue weighted by Crippen LogP contribution is 2.16. The van der Waals surface area contributed by atoms with E-state index >= 15 is 0 Å². The summed E-state index contributed by atoms with van der Waals surface area (Å²) in [5, 5.41) is 19.9. The summed E-state index contributed by atoms with van der Waals surface area (Å²) in [4.78, 5) is 31.7. The Balaban J connectivity index is 2.93. The van der Waals surface area contributed by atoms with Gasteiger partial charge in [0.25, 0.3) is 11.5 Å². The molecule has 0 aliphatic rings. The lowest BCUT2D eigenvalue weighted by Crippen LogP contribution is -2.13. The Bertz CT molecular complexity index is 517. The van der Waals surface area contributed by atoms with Gasteiger partial charge in [-0.1, -0.05) is 0 Å². The highest BCUT2D eigenvalue weighted by atomic mass is 16.6. The third-order valence-electron chi connectivity index (χ3n) is 2.03. The third-order valence-corrected chi connectivity index (χ3v) is 2.03. The fourth-order valence-corrected chi connectivity index (χ4v) is 1.12. The third kappa shape index (κ3) is 3.14. The van der Waals surface area contributed by atoms with Gasteiger partial charge < -0.3 is 9.84 Å². The monoisotopic (exact) mass is 251 g/mol. The number of carbonyl (C=O) groups is 2. The smallest absolute Gasteiger partial charge is 0.378 e. The van der Waals surface area contributed by atoms with E-state index in [9.17, 15) is 24.8 Å². The summed E-state index contributed by atoms with van der Waals surface area (Å²) >= 11 is 0. The molecular weight excluding hydrogens is 242 g/mol. The molecule has 7 heteroatoms. The Hall–Kier alpha value is -2.70. The van der Waals surface area contributed by atoms with Crippen molar-refractivity contribution in [1.82, 2.24) is 0 Å². The Morgan fingerprint density at radius 2 is 1.89 bits per heavy atom. The van der Waals surface area contributed by atoms with Gasteiger partial charge in [-0.25, -0.2) is 4.79 Å². The van der Waals surface area contributed by atoms with Gasteiger partial charge in [0.05, 0.1) is 12.0 Å². The number of ketones is 1. The SMILES string of the molecule is COC(=O)C(=O)/C=C(/O)c1ccc([N+](=O)[O-])cc1. The number of esters is 1. The molecule has 1 aromatic carbocycles. The van der Waals surface area contributed by atoms with Crippen molar-refractivity contribution in [2.75, 3.05) is 7.11 Å².